The zero-order chi connectivity index (χ0) is 15.4. The average molecular weight is 307 g/mol. The molecule has 0 spiro atoms. The third-order valence-corrected chi connectivity index (χ3v) is 6.21. The molecular weight excluding hydrogens is 274 g/mol. The van der Waals surface area contributed by atoms with E-state index in [0.717, 1.165) is 31.3 Å². The number of hydrogen-bond donors (Lipinski definition) is 0. The number of likely N-dealkylation sites (tertiary alicyclic amines) is 1. The van der Waals surface area contributed by atoms with Crippen LogP contribution in [0.25, 0.3) is 0 Å². The van der Waals surface area contributed by atoms with Gasteiger partial charge >= 0.3 is 5.97 Å². The zero-order valence-electron chi connectivity index (χ0n) is 14.3. The highest BCUT2D eigenvalue weighted by atomic mass is 16.5. The molecule has 1 aliphatic heterocycles. The van der Waals surface area contributed by atoms with Gasteiger partial charge < -0.3 is 4.74 Å². The molecule has 0 amide bonds. The smallest absolute Gasteiger partial charge is 0.302 e. The fraction of sp³-hybridized carbons (Fsp3) is 0.947. The van der Waals surface area contributed by atoms with E-state index in [0.29, 0.717) is 6.04 Å². The van der Waals surface area contributed by atoms with Gasteiger partial charge in [-0.3, -0.25) is 9.69 Å². The molecule has 126 valence electrons. The number of piperidine rings is 1. The molecule has 3 heteroatoms. The van der Waals surface area contributed by atoms with Crippen LogP contribution in [0.3, 0.4) is 0 Å². The number of esters is 1. The third kappa shape index (κ3) is 4.04. The van der Waals surface area contributed by atoms with Crippen molar-refractivity contribution in [1.29, 1.82) is 0 Å². The maximum Gasteiger partial charge on any atom is 0.302 e. The van der Waals surface area contributed by atoms with Crippen molar-refractivity contribution >= 4 is 5.97 Å². The van der Waals surface area contributed by atoms with Gasteiger partial charge in [0.2, 0.25) is 0 Å². The van der Waals surface area contributed by atoms with Gasteiger partial charge in [-0.05, 0) is 38.0 Å². The predicted molar refractivity (Wildman–Crippen MR) is 88.7 cm³/mol. The average Bonchev–Trinajstić information content (AvgIpc) is 2.56. The van der Waals surface area contributed by atoms with E-state index in [-0.39, 0.29) is 12.1 Å². The van der Waals surface area contributed by atoms with Gasteiger partial charge in [0.15, 0.2) is 0 Å². The molecule has 3 rings (SSSR count). The first kappa shape index (κ1) is 16.3. The summed E-state index contributed by atoms with van der Waals surface area (Å²) in [6.07, 6.45) is 16.3. The highest BCUT2D eigenvalue weighted by Crippen LogP contribution is 2.37. The highest BCUT2D eigenvalue weighted by molar-refractivity contribution is 5.66. The van der Waals surface area contributed by atoms with E-state index >= 15 is 0 Å². The summed E-state index contributed by atoms with van der Waals surface area (Å²) in [6.45, 7) is 2.70. The molecule has 0 aromatic carbocycles. The van der Waals surface area contributed by atoms with E-state index in [4.69, 9.17) is 4.74 Å². The number of ether oxygens (including phenoxy) is 1. The van der Waals surface area contributed by atoms with Crippen LogP contribution in [0.2, 0.25) is 0 Å². The quantitative estimate of drug-likeness (QED) is 0.728. The van der Waals surface area contributed by atoms with Gasteiger partial charge in [-0.1, -0.05) is 38.5 Å². The largest absolute Gasteiger partial charge is 0.462 e. The molecule has 2 aliphatic carbocycles. The molecule has 1 heterocycles. The summed E-state index contributed by atoms with van der Waals surface area (Å²) in [5.41, 5.74) is 0. The van der Waals surface area contributed by atoms with Crippen LogP contribution in [0.4, 0.5) is 0 Å². The Labute approximate surface area is 135 Å². The topological polar surface area (TPSA) is 29.5 Å². The van der Waals surface area contributed by atoms with Crippen LogP contribution in [-0.2, 0) is 9.53 Å². The molecule has 2 unspecified atom stereocenters. The predicted octanol–water partition coefficient (Wildman–Crippen LogP) is 4.30. The van der Waals surface area contributed by atoms with Crippen LogP contribution in [-0.4, -0.2) is 35.6 Å². The zero-order valence-corrected chi connectivity index (χ0v) is 14.3. The van der Waals surface area contributed by atoms with Crippen LogP contribution in [0, 0.1) is 5.92 Å². The number of rotatable bonds is 3. The molecule has 2 saturated carbocycles. The minimum absolute atomic E-state index is 0.0986. The second kappa shape index (κ2) is 7.81. The molecule has 22 heavy (non-hydrogen) atoms. The fourth-order valence-electron chi connectivity index (χ4n) is 5.17. The molecule has 0 bridgehead atoms. The maximum atomic E-state index is 11.3. The number of nitrogens with zero attached hydrogens (tertiary/aromatic N) is 1. The van der Waals surface area contributed by atoms with Crippen LogP contribution in [0.1, 0.15) is 84.0 Å². The molecular formula is C19H33NO2. The van der Waals surface area contributed by atoms with Crippen molar-refractivity contribution in [2.45, 2.75) is 102 Å². The second-order valence-corrected chi connectivity index (χ2v) is 7.75. The minimum Gasteiger partial charge on any atom is -0.462 e. The third-order valence-electron chi connectivity index (χ3n) is 6.21. The Balaban J connectivity index is 1.67. The lowest BCUT2D eigenvalue weighted by molar-refractivity contribution is -0.151. The number of hydrogen-bond acceptors (Lipinski definition) is 3. The van der Waals surface area contributed by atoms with Crippen molar-refractivity contribution in [2.75, 3.05) is 6.54 Å². The van der Waals surface area contributed by atoms with E-state index in [1.807, 2.05) is 0 Å². The Bertz CT molecular complexity index is 358. The summed E-state index contributed by atoms with van der Waals surface area (Å²) in [6, 6.07) is 1.47. The summed E-state index contributed by atoms with van der Waals surface area (Å²) in [5.74, 6) is 0.743. The van der Waals surface area contributed by atoms with E-state index in [9.17, 15) is 4.79 Å². The van der Waals surface area contributed by atoms with Gasteiger partial charge in [0.1, 0.15) is 6.10 Å². The van der Waals surface area contributed by atoms with Gasteiger partial charge in [0, 0.05) is 32.0 Å². The Morgan fingerprint density at radius 1 is 0.909 bits per heavy atom. The molecule has 3 aliphatic rings. The van der Waals surface area contributed by atoms with Crippen LogP contribution < -0.4 is 0 Å². The van der Waals surface area contributed by atoms with Crippen molar-refractivity contribution in [1.82, 2.24) is 4.90 Å². The van der Waals surface area contributed by atoms with Gasteiger partial charge in [0.05, 0.1) is 0 Å². The summed E-state index contributed by atoms with van der Waals surface area (Å²) in [7, 11) is 0. The molecule has 1 saturated heterocycles. The van der Waals surface area contributed by atoms with Gasteiger partial charge in [-0.25, -0.2) is 0 Å². The summed E-state index contributed by atoms with van der Waals surface area (Å²) in [5, 5.41) is 0. The minimum atomic E-state index is -0.0986. The normalized spacial score (nSPS) is 32.8. The Morgan fingerprint density at radius 3 is 2.18 bits per heavy atom. The summed E-state index contributed by atoms with van der Waals surface area (Å²) < 4.78 is 5.58. The Morgan fingerprint density at radius 2 is 1.55 bits per heavy atom. The van der Waals surface area contributed by atoms with E-state index < -0.39 is 0 Å². The standard InChI is InChI=1S/C19H33NO2/c1-15(21)22-18-12-13-20(17-10-6-3-7-11-17)19(14-18)16-8-4-2-5-9-16/h16-19H,2-14H2,1H3. The van der Waals surface area contributed by atoms with Gasteiger partial charge in [-0.2, -0.15) is 0 Å². The monoisotopic (exact) mass is 307 g/mol. The van der Waals surface area contributed by atoms with E-state index in [2.05, 4.69) is 4.90 Å². The Hall–Kier alpha value is -0.570. The molecule has 0 aromatic heterocycles. The van der Waals surface area contributed by atoms with Crippen LogP contribution in [0.15, 0.2) is 0 Å². The van der Waals surface area contributed by atoms with Crippen molar-refractivity contribution < 1.29 is 9.53 Å². The van der Waals surface area contributed by atoms with Crippen molar-refractivity contribution in [2.24, 2.45) is 5.92 Å². The lowest BCUT2D eigenvalue weighted by Gasteiger charge is -2.48. The van der Waals surface area contributed by atoms with Gasteiger partial charge in [0.25, 0.3) is 0 Å². The van der Waals surface area contributed by atoms with Gasteiger partial charge in [-0.15, -0.1) is 0 Å². The molecule has 3 nitrogen and oxygen atoms in total. The molecule has 3 fully saturated rings. The number of carbonyl (C=O) groups is 1. The molecule has 0 N–H and O–H groups in total. The van der Waals surface area contributed by atoms with Crippen molar-refractivity contribution in [3.05, 3.63) is 0 Å². The van der Waals surface area contributed by atoms with Crippen LogP contribution in [0.5, 0.6) is 0 Å². The second-order valence-electron chi connectivity index (χ2n) is 7.75. The lowest BCUT2D eigenvalue weighted by Crippen LogP contribution is -2.54. The van der Waals surface area contributed by atoms with E-state index in [1.165, 1.54) is 64.2 Å². The molecule has 0 radical (unpaired) electrons. The van der Waals surface area contributed by atoms with Crippen molar-refractivity contribution in [3.8, 4) is 0 Å². The van der Waals surface area contributed by atoms with Crippen LogP contribution >= 0.6 is 0 Å². The van der Waals surface area contributed by atoms with E-state index in [1.54, 1.807) is 6.92 Å². The first-order chi connectivity index (χ1) is 10.7. The highest BCUT2D eigenvalue weighted by Gasteiger charge is 2.38. The Kier molecular flexibility index (Phi) is 5.78. The molecule has 2 atom stereocenters. The summed E-state index contributed by atoms with van der Waals surface area (Å²) in [4.78, 5) is 14.2. The maximum absolute atomic E-state index is 11.3. The lowest BCUT2D eigenvalue weighted by atomic mass is 9.77. The first-order valence-corrected chi connectivity index (χ1v) is 9.67. The number of carbonyl (C=O) groups excluding carboxylic acids is 1. The SMILES string of the molecule is CC(=O)OC1CCN(C2CCCCC2)C(C2CCCCC2)C1. The molecule has 0 aromatic rings. The first-order valence-electron chi connectivity index (χ1n) is 9.67. The van der Waals surface area contributed by atoms with Crippen molar-refractivity contribution in [3.63, 3.8) is 0 Å². The summed E-state index contributed by atoms with van der Waals surface area (Å²) >= 11 is 0. The fourth-order valence-corrected chi connectivity index (χ4v) is 5.17.